The van der Waals surface area contributed by atoms with Crippen molar-refractivity contribution in [3.05, 3.63) is 0 Å². The summed E-state index contributed by atoms with van der Waals surface area (Å²) in [5.74, 6) is -0.786. The molecule has 50 heavy (non-hydrogen) atoms. The minimum absolute atomic E-state index is 0. The SMILES string of the molecule is C.C1CCC(NC2CCCCC2)CC1.CCCC[C@H]1O[C@@H]1C(=O)N[C@H]1CCCC[C@@H]1O.CCCC[C@H]1O[C@@H]1CC(=O)O.N[C@H]1CCCC[C@@H]1O. The maximum absolute atomic E-state index is 11.8. The number of ether oxygens (including phenoxy) is 2. The molecule has 2 heterocycles. The fourth-order valence-electron chi connectivity index (χ4n) is 7.74. The maximum atomic E-state index is 11.8. The molecule has 0 aromatic carbocycles. The third-order valence-corrected chi connectivity index (χ3v) is 11.1. The first kappa shape index (κ1) is 44.9. The number of carbonyl (C=O) groups excluding carboxylic acids is 1. The van der Waals surface area contributed by atoms with Crippen LogP contribution >= 0.6 is 0 Å². The summed E-state index contributed by atoms with van der Waals surface area (Å²) in [7, 11) is 0. The number of hydrogen-bond acceptors (Lipinski definition) is 8. The molecule has 0 spiro atoms. The monoisotopic (exact) mass is 712 g/mol. The number of carbonyl (C=O) groups is 2. The maximum Gasteiger partial charge on any atom is 0.306 e. The van der Waals surface area contributed by atoms with Gasteiger partial charge in [-0.2, -0.15) is 0 Å². The van der Waals surface area contributed by atoms with Crippen LogP contribution in [-0.2, 0) is 19.1 Å². The summed E-state index contributed by atoms with van der Waals surface area (Å²) in [6, 6.07) is 1.74. The van der Waals surface area contributed by atoms with Crippen LogP contribution in [0.3, 0.4) is 0 Å². The van der Waals surface area contributed by atoms with Crippen LogP contribution < -0.4 is 16.4 Å². The molecule has 7 N–H and O–H groups in total. The predicted octanol–water partition coefficient (Wildman–Crippen LogP) is 6.91. The van der Waals surface area contributed by atoms with Gasteiger partial charge in [0.25, 0.3) is 5.91 Å². The zero-order chi connectivity index (χ0) is 35.4. The van der Waals surface area contributed by atoms with Gasteiger partial charge in [-0.15, -0.1) is 0 Å². The highest BCUT2D eigenvalue weighted by Crippen LogP contribution is 2.30. The second-order valence-electron chi connectivity index (χ2n) is 15.5. The first-order valence-corrected chi connectivity index (χ1v) is 20.4. The molecular formula is C40H77N3O7. The molecule has 0 aromatic heterocycles. The van der Waals surface area contributed by atoms with Crippen molar-refractivity contribution in [3.63, 3.8) is 0 Å². The van der Waals surface area contributed by atoms with E-state index in [2.05, 4.69) is 24.5 Å². The molecule has 6 aliphatic rings. The summed E-state index contributed by atoms with van der Waals surface area (Å²) in [5.41, 5.74) is 5.53. The third kappa shape index (κ3) is 18.5. The van der Waals surface area contributed by atoms with E-state index in [1.54, 1.807) is 0 Å². The Hall–Kier alpha value is -1.30. The molecule has 4 saturated carbocycles. The molecule has 2 aliphatic heterocycles. The zero-order valence-electron chi connectivity index (χ0n) is 31.0. The largest absolute Gasteiger partial charge is 0.481 e. The number of aliphatic hydroxyl groups excluding tert-OH is 2. The Bertz CT molecular complexity index is 872. The number of unbranched alkanes of at least 4 members (excludes halogenated alkanes) is 2. The van der Waals surface area contributed by atoms with Crippen molar-refractivity contribution in [2.45, 2.75) is 243 Å². The Kier molecular flexibility index (Phi) is 23.0. The minimum Gasteiger partial charge on any atom is -0.481 e. The molecule has 0 aromatic rings. The van der Waals surface area contributed by atoms with Crippen LogP contribution in [-0.4, -0.2) is 88.0 Å². The molecule has 6 rings (SSSR count). The Morgan fingerprint density at radius 3 is 1.64 bits per heavy atom. The topological polar surface area (TPSA) is 170 Å². The van der Waals surface area contributed by atoms with Crippen LogP contribution in [0.5, 0.6) is 0 Å². The van der Waals surface area contributed by atoms with E-state index < -0.39 is 5.97 Å². The lowest BCUT2D eigenvalue weighted by Gasteiger charge is -2.30. The summed E-state index contributed by atoms with van der Waals surface area (Å²) >= 11 is 0. The molecule has 2 saturated heterocycles. The smallest absolute Gasteiger partial charge is 0.306 e. The zero-order valence-corrected chi connectivity index (χ0v) is 31.0. The molecule has 0 radical (unpaired) electrons. The van der Waals surface area contributed by atoms with E-state index in [9.17, 15) is 14.7 Å². The van der Waals surface area contributed by atoms with Gasteiger partial charge in [-0.05, 0) is 64.2 Å². The minimum atomic E-state index is -0.756. The fourth-order valence-corrected chi connectivity index (χ4v) is 7.74. The van der Waals surface area contributed by atoms with E-state index in [4.69, 9.17) is 25.4 Å². The van der Waals surface area contributed by atoms with Gasteiger partial charge >= 0.3 is 5.97 Å². The number of rotatable bonds is 12. The Labute approximate surface area is 304 Å². The predicted molar refractivity (Wildman–Crippen MR) is 201 cm³/mol. The Balaban J connectivity index is 0.000000237. The second kappa shape index (κ2) is 25.6. The number of aliphatic hydroxyl groups is 2. The van der Waals surface area contributed by atoms with Crippen LogP contribution in [0.15, 0.2) is 0 Å². The van der Waals surface area contributed by atoms with Crippen molar-refractivity contribution in [3.8, 4) is 0 Å². The summed E-state index contributed by atoms with van der Waals surface area (Å²) in [4.78, 5) is 22.0. The third-order valence-electron chi connectivity index (χ3n) is 11.1. The van der Waals surface area contributed by atoms with Crippen molar-refractivity contribution < 1.29 is 34.4 Å². The van der Waals surface area contributed by atoms with E-state index in [1.807, 2.05) is 0 Å². The summed E-state index contributed by atoms with van der Waals surface area (Å²) in [5, 5.41) is 34.0. The number of nitrogens with one attached hydrogen (secondary N) is 2. The van der Waals surface area contributed by atoms with E-state index in [1.165, 1.54) is 70.6 Å². The molecule has 1 amide bonds. The summed E-state index contributed by atoms with van der Waals surface area (Å²) in [6.45, 7) is 4.25. The van der Waals surface area contributed by atoms with Crippen LogP contribution in [0, 0.1) is 0 Å². The molecule has 0 bridgehead atoms. The summed E-state index contributed by atoms with van der Waals surface area (Å²) in [6.07, 6.45) is 28.9. The van der Waals surface area contributed by atoms with Gasteiger partial charge in [0, 0.05) is 18.1 Å². The molecule has 8 atom stereocenters. The van der Waals surface area contributed by atoms with Crippen LogP contribution in [0.25, 0.3) is 0 Å². The van der Waals surface area contributed by atoms with Crippen molar-refractivity contribution in [1.29, 1.82) is 0 Å². The molecule has 4 aliphatic carbocycles. The molecule has 10 nitrogen and oxygen atoms in total. The highest BCUT2D eigenvalue weighted by atomic mass is 16.6. The highest BCUT2D eigenvalue weighted by molar-refractivity contribution is 5.84. The van der Waals surface area contributed by atoms with Crippen molar-refractivity contribution in [2.75, 3.05) is 0 Å². The first-order valence-electron chi connectivity index (χ1n) is 20.4. The molecule has 0 unspecified atom stereocenters. The van der Waals surface area contributed by atoms with Gasteiger partial charge in [0.2, 0.25) is 0 Å². The number of carboxylic acid groups (broad SMARTS) is 1. The number of nitrogens with two attached hydrogens (primary N) is 1. The van der Waals surface area contributed by atoms with Crippen LogP contribution in [0.1, 0.15) is 182 Å². The molecule has 10 heteroatoms. The van der Waals surface area contributed by atoms with E-state index in [0.717, 1.165) is 95.6 Å². The average Bonchev–Trinajstić information content (AvgIpc) is 4.04. The van der Waals surface area contributed by atoms with Gasteiger partial charge in [0.1, 0.15) is 0 Å². The van der Waals surface area contributed by atoms with Gasteiger partial charge in [-0.25, -0.2) is 0 Å². The van der Waals surface area contributed by atoms with Crippen LogP contribution in [0.2, 0.25) is 0 Å². The number of epoxide rings is 2. The van der Waals surface area contributed by atoms with E-state index >= 15 is 0 Å². The van der Waals surface area contributed by atoms with Gasteiger partial charge in [0.05, 0.1) is 43.0 Å². The quantitative estimate of drug-likeness (QED) is 0.118. The van der Waals surface area contributed by atoms with Crippen LogP contribution in [0.4, 0.5) is 0 Å². The van der Waals surface area contributed by atoms with E-state index in [0.29, 0.717) is 0 Å². The lowest BCUT2D eigenvalue weighted by atomic mass is 9.91. The van der Waals surface area contributed by atoms with Crippen molar-refractivity contribution in [1.82, 2.24) is 10.6 Å². The van der Waals surface area contributed by atoms with Gasteiger partial charge in [-0.3, -0.25) is 9.59 Å². The summed E-state index contributed by atoms with van der Waals surface area (Å²) < 4.78 is 10.5. The normalized spacial score (nSPS) is 32.3. The first-order chi connectivity index (χ1) is 23.7. The fraction of sp³-hybridized carbons (Fsp3) is 0.950. The van der Waals surface area contributed by atoms with Gasteiger partial charge < -0.3 is 41.2 Å². The second-order valence-corrected chi connectivity index (χ2v) is 15.5. The van der Waals surface area contributed by atoms with Crippen molar-refractivity contribution >= 4 is 11.9 Å². The number of carboxylic acids is 1. The number of hydrogen-bond donors (Lipinski definition) is 6. The number of aliphatic carboxylic acids is 1. The number of amides is 1. The lowest BCUT2D eigenvalue weighted by Crippen LogP contribution is -2.46. The Morgan fingerprint density at radius 2 is 1.16 bits per heavy atom. The molecule has 6 fully saturated rings. The lowest BCUT2D eigenvalue weighted by molar-refractivity contribution is -0.137. The highest BCUT2D eigenvalue weighted by Gasteiger charge is 2.45. The Morgan fingerprint density at radius 1 is 0.660 bits per heavy atom. The van der Waals surface area contributed by atoms with Crippen molar-refractivity contribution in [2.24, 2.45) is 5.73 Å². The molecule has 294 valence electrons. The average molecular weight is 712 g/mol. The molecular weight excluding hydrogens is 634 g/mol. The van der Waals surface area contributed by atoms with Gasteiger partial charge in [-0.1, -0.05) is 111 Å². The van der Waals surface area contributed by atoms with Gasteiger partial charge in [0.15, 0.2) is 6.10 Å². The standard InChI is InChI=1S/C13H23NO3.C12H23N.C8H14O3.C6H13NO.CH4/c1-2-3-8-11-12(17-11)13(16)14-9-6-4-5-7-10(9)15;1-3-7-11(8-4-1)13-12-9-5-2-6-10-12;1-2-3-4-6-7(11-6)5-8(9)10;7-5-3-1-2-4-6(5)8;/h9-12,15H,2-8H2,1H3,(H,14,16);11-13H,1-10H2;6-7H,2-5H2,1H3,(H,9,10);5-6,8H,1-4,7H2;1H4/t9-,10-,11+,12-;;6-,7-;5-,6-;/m0.10./s1. The van der Waals surface area contributed by atoms with E-state index in [-0.39, 0.29) is 68.5 Å².